The lowest BCUT2D eigenvalue weighted by atomic mass is 9.53. The van der Waals surface area contributed by atoms with Crippen molar-refractivity contribution < 1.29 is 9.59 Å². The van der Waals surface area contributed by atoms with Crippen molar-refractivity contribution in [3.8, 4) is 0 Å². The summed E-state index contributed by atoms with van der Waals surface area (Å²) in [6, 6.07) is 0. The second-order valence-corrected chi connectivity index (χ2v) is 9.53. The molecule has 0 unspecified atom stereocenters. The molecule has 2 heterocycles. The summed E-state index contributed by atoms with van der Waals surface area (Å²) in [5.74, 6) is 2.75. The fraction of sp³-hybridized carbons (Fsp3) is 0.737. The Morgan fingerprint density at radius 2 is 1.92 bits per heavy atom. The molecule has 5 fully saturated rings. The quantitative estimate of drug-likeness (QED) is 0.899. The Morgan fingerprint density at radius 3 is 2.52 bits per heavy atom. The number of carbonyl (C=O) groups is 2. The van der Waals surface area contributed by atoms with Crippen LogP contribution in [0.5, 0.6) is 0 Å². The van der Waals surface area contributed by atoms with Crippen LogP contribution in [0, 0.1) is 17.8 Å². The summed E-state index contributed by atoms with van der Waals surface area (Å²) in [5.41, 5.74) is 0.859. The van der Waals surface area contributed by atoms with Gasteiger partial charge in [0.25, 0.3) is 0 Å². The standard InChI is InChI=1S/C19H25N3O2S/c23-16(7-15-11-25-18(20-15)22-3-1-2-17(22)24)21-19-8-12-4-13(9-19)6-14(5-12)10-19/h11-14H,1-10H2,(H,21,23). The Hall–Kier alpha value is -1.43. The number of amides is 2. The van der Waals surface area contributed by atoms with Gasteiger partial charge in [-0.15, -0.1) is 11.3 Å². The largest absolute Gasteiger partial charge is 0.350 e. The first kappa shape index (κ1) is 15.8. The van der Waals surface area contributed by atoms with Gasteiger partial charge >= 0.3 is 0 Å². The van der Waals surface area contributed by atoms with E-state index < -0.39 is 0 Å². The van der Waals surface area contributed by atoms with Crippen molar-refractivity contribution in [3.63, 3.8) is 0 Å². The van der Waals surface area contributed by atoms with E-state index in [9.17, 15) is 9.59 Å². The zero-order valence-corrected chi connectivity index (χ0v) is 15.3. The average Bonchev–Trinajstić information content (AvgIpc) is 3.13. The first-order chi connectivity index (χ1) is 12.1. The number of carbonyl (C=O) groups excluding carboxylic acids is 2. The second kappa shape index (κ2) is 5.79. The molecule has 0 spiro atoms. The summed E-state index contributed by atoms with van der Waals surface area (Å²) in [4.78, 5) is 30.8. The van der Waals surface area contributed by atoms with Gasteiger partial charge in [0.2, 0.25) is 11.8 Å². The van der Waals surface area contributed by atoms with E-state index in [0.717, 1.165) is 41.5 Å². The van der Waals surface area contributed by atoms with Crippen LogP contribution in [0.3, 0.4) is 0 Å². The summed E-state index contributed by atoms with van der Waals surface area (Å²) < 4.78 is 0. The highest BCUT2D eigenvalue weighted by Crippen LogP contribution is 2.55. The van der Waals surface area contributed by atoms with E-state index in [1.807, 2.05) is 5.38 Å². The predicted molar refractivity (Wildman–Crippen MR) is 96.5 cm³/mol. The predicted octanol–water partition coefficient (Wildman–Crippen LogP) is 2.90. The lowest BCUT2D eigenvalue weighted by Gasteiger charge is -2.56. The van der Waals surface area contributed by atoms with Gasteiger partial charge < -0.3 is 5.32 Å². The van der Waals surface area contributed by atoms with Gasteiger partial charge in [0, 0.05) is 23.9 Å². The van der Waals surface area contributed by atoms with Gasteiger partial charge in [-0.25, -0.2) is 4.98 Å². The van der Waals surface area contributed by atoms with Crippen molar-refractivity contribution >= 4 is 28.3 Å². The molecular weight excluding hydrogens is 334 g/mol. The number of hydrogen-bond donors (Lipinski definition) is 1. The van der Waals surface area contributed by atoms with Crippen molar-refractivity contribution in [2.24, 2.45) is 17.8 Å². The summed E-state index contributed by atoms with van der Waals surface area (Å²) in [5, 5.41) is 6.09. The molecule has 5 aliphatic rings. The SMILES string of the molecule is O=C(Cc1csc(N2CCCC2=O)n1)NC12CC3CC(CC(C3)C1)C2. The van der Waals surface area contributed by atoms with Crippen LogP contribution in [0.4, 0.5) is 5.13 Å². The summed E-state index contributed by atoms with van der Waals surface area (Å²) >= 11 is 1.48. The number of rotatable bonds is 4. The molecular formula is C19H25N3O2S. The van der Waals surface area contributed by atoms with Crippen LogP contribution < -0.4 is 10.2 Å². The van der Waals surface area contributed by atoms with E-state index in [2.05, 4.69) is 10.3 Å². The van der Waals surface area contributed by atoms with Crippen LogP contribution >= 0.6 is 11.3 Å². The lowest BCUT2D eigenvalue weighted by Crippen LogP contribution is -2.60. The fourth-order valence-corrected chi connectivity index (χ4v) is 6.99. The van der Waals surface area contributed by atoms with Crippen LogP contribution in [-0.4, -0.2) is 28.9 Å². The third-order valence-corrected chi connectivity index (χ3v) is 7.54. The number of anilines is 1. The first-order valence-electron chi connectivity index (χ1n) is 9.64. The molecule has 0 radical (unpaired) electrons. The highest BCUT2D eigenvalue weighted by Gasteiger charge is 2.51. The third kappa shape index (κ3) is 2.88. The van der Waals surface area contributed by atoms with Crippen LogP contribution in [-0.2, 0) is 16.0 Å². The second-order valence-electron chi connectivity index (χ2n) is 8.69. The monoisotopic (exact) mass is 359 g/mol. The molecule has 25 heavy (non-hydrogen) atoms. The first-order valence-corrected chi connectivity index (χ1v) is 10.5. The van der Waals surface area contributed by atoms with Crippen molar-refractivity contribution in [1.29, 1.82) is 0 Å². The highest BCUT2D eigenvalue weighted by atomic mass is 32.1. The summed E-state index contributed by atoms with van der Waals surface area (Å²) in [7, 11) is 0. The number of nitrogens with one attached hydrogen (secondary N) is 1. The van der Waals surface area contributed by atoms with E-state index in [4.69, 9.17) is 0 Å². The molecule has 134 valence electrons. The topological polar surface area (TPSA) is 62.3 Å². The molecule has 1 aromatic rings. The van der Waals surface area contributed by atoms with Gasteiger partial charge in [-0.2, -0.15) is 0 Å². The average molecular weight is 359 g/mol. The Bertz CT molecular complexity index is 678. The minimum absolute atomic E-state index is 0.0651. The molecule has 4 aliphatic carbocycles. The molecule has 0 atom stereocenters. The Balaban J connectivity index is 1.24. The van der Waals surface area contributed by atoms with Crippen LogP contribution in [0.2, 0.25) is 0 Å². The van der Waals surface area contributed by atoms with Gasteiger partial charge in [-0.1, -0.05) is 0 Å². The lowest BCUT2D eigenvalue weighted by molar-refractivity contribution is -0.126. The zero-order valence-electron chi connectivity index (χ0n) is 14.5. The van der Waals surface area contributed by atoms with Crippen molar-refractivity contribution in [2.45, 2.75) is 63.3 Å². The normalized spacial score (nSPS) is 36.2. The van der Waals surface area contributed by atoms with E-state index in [1.165, 1.54) is 49.9 Å². The maximum absolute atomic E-state index is 12.7. The number of aromatic nitrogens is 1. The van der Waals surface area contributed by atoms with E-state index >= 15 is 0 Å². The minimum atomic E-state index is 0.0651. The molecule has 0 aromatic carbocycles. The van der Waals surface area contributed by atoms with Crippen LogP contribution in [0.15, 0.2) is 5.38 Å². The highest BCUT2D eigenvalue weighted by molar-refractivity contribution is 7.14. The Labute approximate surface area is 152 Å². The van der Waals surface area contributed by atoms with Gasteiger partial charge in [-0.3, -0.25) is 14.5 Å². The molecule has 6 rings (SSSR count). The fourth-order valence-electron chi connectivity index (χ4n) is 6.12. The van der Waals surface area contributed by atoms with Gasteiger partial charge in [-0.05, 0) is 62.7 Å². The molecule has 1 aliphatic heterocycles. The molecule has 1 N–H and O–H groups in total. The maximum Gasteiger partial charge on any atom is 0.228 e. The minimum Gasteiger partial charge on any atom is -0.350 e. The summed E-state index contributed by atoms with van der Waals surface area (Å²) in [6.07, 6.45) is 9.53. The number of nitrogens with zero attached hydrogens (tertiary/aromatic N) is 2. The third-order valence-electron chi connectivity index (χ3n) is 6.63. The number of hydrogen-bond acceptors (Lipinski definition) is 4. The maximum atomic E-state index is 12.7. The molecule has 4 saturated carbocycles. The van der Waals surface area contributed by atoms with E-state index in [-0.39, 0.29) is 17.4 Å². The molecule has 5 nitrogen and oxygen atoms in total. The van der Waals surface area contributed by atoms with Crippen molar-refractivity contribution in [1.82, 2.24) is 10.3 Å². The molecule has 2 amide bonds. The molecule has 6 heteroatoms. The van der Waals surface area contributed by atoms with Crippen LogP contribution in [0.1, 0.15) is 57.1 Å². The van der Waals surface area contributed by atoms with Crippen molar-refractivity contribution in [3.05, 3.63) is 11.1 Å². The zero-order chi connectivity index (χ0) is 17.0. The van der Waals surface area contributed by atoms with E-state index in [0.29, 0.717) is 12.8 Å². The van der Waals surface area contributed by atoms with Crippen LogP contribution in [0.25, 0.3) is 0 Å². The molecule has 1 aromatic heterocycles. The van der Waals surface area contributed by atoms with Gasteiger partial charge in [0.05, 0.1) is 12.1 Å². The molecule has 4 bridgehead atoms. The smallest absolute Gasteiger partial charge is 0.228 e. The Morgan fingerprint density at radius 1 is 1.24 bits per heavy atom. The Kier molecular flexibility index (Phi) is 3.66. The summed E-state index contributed by atoms with van der Waals surface area (Å²) in [6.45, 7) is 0.755. The number of thiazole rings is 1. The van der Waals surface area contributed by atoms with Crippen molar-refractivity contribution in [2.75, 3.05) is 11.4 Å². The van der Waals surface area contributed by atoms with E-state index in [1.54, 1.807) is 4.90 Å². The van der Waals surface area contributed by atoms with Gasteiger partial charge in [0.15, 0.2) is 5.13 Å². The molecule has 1 saturated heterocycles. The van der Waals surface area contributed by atoms with Gasteiger partial charge in [0.1, 0.15) is 0 Å².